The maximum Gasteiger partial charge on any atom is 0.407 e. The summed E-state index contributed by atoms with van der Waals surface area (Å²) < 4.78 is 5.32. The third-order valence-corrected chi connectivity index (χ3v) is 4.29. The number of hydrogen-bond donors (Lipinski definition) is 3. The molecule has 0 saturated heterocycles. The van der Waals surface area contributed by atoms with Crippen LogP contribution in [0.25, 0.3) is 0 Å². The van der Waals surface area contributed by atoms with Gasteiger partial charge in [-0.05, 0) is 69.0 Å². The first-order valence-corrected chi connectivity index (χ1v) is 9.67. The topological polar surface area (TPSA) is 84.6 Å². The van der Waals surface area contributed by atoms with Crippen LogP contribution in [0, 0.1) is 0 Å². The Hall–Kier alpha value is -1.69. The number of amides is 1. The molecule has 0 saturated carbocycles. The number of aliphatic hydroxyl groups is 1. The number of alkyl carbamates (subject to hydrolysis) is 1. The molecular formula is C20H35BN2O3. The first-order valence-electron chi connectivity index (χ1n) is 9.67. The van der Waals surface area contributed by atoms with E-state index in [2.05, 4.69) is 32.2 Å². The third-order valence-electron chi connectivity index (χ3n) is 4.29. The van der Waals surface area contributed by atoms with Gasteiger partial charge in [0.2, 0.25) is 0 Å². The molecule has 1 atom stereocenters. The normalized spacial score (nSPS) is 12.7. The fourth-order valence-corrected chi connectivity index (χ4v) is 3.09. The quantitative estimate of drug-likeness (QED) is 0.358. The highest BCUT2D eigenvalue weighted by Crippen LogP contribution is 2.30. The maximum atomic E-state index is 11.9. The molecule has 5 nitrogen and oxygen atoms in total. The summed E-state index contributed by atoms with van der Waals surface area (Å²) in [4.78, 5) is 11.9. The molecule has 1 unspecified atom stereocenters. The Bertz CT molecular complexity index is 585. The van der Waals surface area contributed by atoms with E-state index in [-0.39, 0.29) is 12.4 Å². The maximum absolute atomic E-state index is 11.9. The Morgan fingerprint density at radius 2 is 1.92 bits per heavy atom. The number of hydrogen-bond acceptors (Lipinski definition) is 4. The van der Waals surface area contributed by atoms with Gasteiger partial charge in [0.05, 0.1) is 0 Å². The van der Waals surface area contributed by atoms with Crippen molar-refractivity contribution in [3.8, 4) is 0 Å². The van der Waals surface area contributed by atoms with Crippen LogP contribution < -0.4 is 11.1 Å². The van der Waals surface area contributed by atoms with E-state index in [1.54, 1.807) is 0 Å². The molecule has 146 valence electrons. The van der Waals surface area contributed by atoms with Gasteiger partial charge in [0.1, 0.15) is 13.4 Å². The number of nitrogens with two attached hydrogens (primary N) is 1. The number of ether oxygens (including phenoxy) is 1. The summed E-state index contributed by atoms with van der Waals surface area (Å²) >= 11 is 0. The summed E-state index contributed by atoms with van der Waals surface area (Å²) in [5.41, 5.74) is 10.3. The van der Waals surface area contributed by atoms with Gasteiger partial charge in [-0.1, -0.05) is 25.5 Å². The predicted octanol–water partition coefficient (Wildman–Crippen LogP) is 2.74. The van der Waals surface area contributed by atoms with Crippen molar-refractivity contribution in [2.75, 3.05) is 18.9 Å². The standard InChI is InChI=1S/C20H35BN2O3/c1-5-8-14-10-11-15(9-6-7-12-24)18(22)17(14)16(21)13-23-19(25)26-20(2,3)4/h10-11,16,24H,5-9,12-13,21-22H2,1-4H3,(H,23,25). The minimum atomic E-state index is -0.508. The van der Waals surface area contributed by atoms with Crippen molar-refractivity contribution >= 4 is 19.6 Å². The fraction of sp³-hybridized carbons (Fsp3) is 0.650. The number of aliphatic hydroxyl groups excluding tert-OH is 1. The Labute approximate surface area is 159 Å². The molecule has 0 bridgehead atoms. The van der Waals surface area contributed by atoms with E-state index < -0.39 is 11.7 Å². The first-order chi connectivity index (χ1) is 12.2. The highest BCUT2D eigenvalue weighted by Gasteiger charge is 2.20. The number of carbonyl (C=O) groups excluding carboxylic acids is 1. The summed E-state index contributed by atoms with van der Waals surface area (Å²) in [7, 11) is 2.08. The first kappa shape index (κ1) is 22.4. The number of carbonyl (C=O) groups is 1. The minimum Gasteiger partial charge on any atom is -0.444 e. The van der Waals surface area contributed by atoms with E-state index in [1.165, 1.54) is 5.56 Å². The molecule has 0 aliphatic heterocycles. The summed E-state index contributed by atoms with van der Waals surface area (Å²) in [6.07, 6.45) is 4.16. The highest BCUT2D eigenvalue weighted by atomic mass is 16.6. The van der Waals surface area contributed by atoms with E-state index in [4.69, 9.17) is 15.6 Å². The predicted molar refractivity (Wildman–Crippen MR) is 110 cm³/mol. The molecule has 1 rings (SSSR count). The van der Waals surface area contributed by atoms with E-state index in [1.807, 2.05) is 20.8 Å². The second-order valence-electron chi connectivity index (χ2n) is 7.93. The number of benzene rings is 1. The fourth-order valence-electron chi connectivity index (χ4n) is 3.09. The van der Waals surface area contributed by atoms with Crippen molar-refractivity contribution in [2.45, 2.75) is 71.2 Å². The molecule has 4 N–H and O–H groups in total. The van der Waals surface area contributed by atoms with E-state index in [0.717, 1.165) is 48.9 Å². The Balaban J connectivity index is 2.91. The largest absolute Gasteiger partial charge is 0.444 e. The molecule has 6 heteroatoms. The third kappa shape index (κ3) is 7.28. The van der Waals surface area contributed by atoms with E-state index >= 15 is 0 Å². The van der Waals surface area contributed by atoms with Crippen LogP contribution in [-0.2, 0) is 17.6 Å². The van der Waals surface area contributed by atoms with Gasteiger partial charge in [-0.3, -0.25) is 0 Å². The van der Waals surface area contributed by atoms with Gasteiger partial charge in [-0.25, -0.2) is 4.79 Å². The van der Waals surface area contributed by atoms with Crippen molar-refractivity contribution in [1.82, 2.24) is 5.32 Å². The molecule has 0 heterocycles. The molecule has 26 heavy (non-hydrogen) atoms. The highest BCUT2D eigenvalue weighted by molar-refractivity contribution is 6.13. The van der Waals surface area contributed by atoms with E-state index in [9.17, 15) is 4.79 Å². The van der Waals surface area contributed by atoms with Crippen LogP contribution in [0.4, 0.5) is 10.5 Å². The number of nitrogens with one attached hydrogen (secondary N) is 1. The van der Waals surface area contributed by atoms with Crippen LogP contribution >= 0.6 is 0 Å². The summed E-state index contributed by atoms with van der Waals surface area (Å²) in [5, 5.41) is 11.8. The molecule has 1 aromatic carbocycles. The zero-order valence-corrected chi connectivity index (χ0v) is 17.0. The summed E-state index contributed by atoms with van der Waals surface area (Å²) in [6.45, 7) is 8.39. The Morgan fingerprint density at radius 1 is 1.27 bits per heavy atom. The Morgan fingerprint density at radius 3 is 2.50 bits per heavy atom. The van der Waals surface area contributed by atoms with Crippen LogP contribution in [0.1, 0.15) is 69.5 Å². The van der Waals surface area contributed by atoms with Gasteiger partial charge in [0.25, 0.3) is 0 Å². The van der Waals surface area contributed by atoms with E-state index in [0.29, 0.717) is 6.54 Å². The lowest BCUT2D eigenvalue weighted by Crippen LogP contribution is -2.35. The minimum absolute atomic E-state index is 0.0989. The lowest BCUT2D eigenvalue weighted by Gasteiger charge is -2.23. The molecule has 0 aromatic heterocycles. The van der Waals surface area contributed by atoms with Crippen LogP contribution in [0.2, 0.25) is 0 Å². The zero-order chi connectivity index (χ0) is 19.7. The van der Waals surface area contributed by atoms with Crippen LogP contribution in [0.15, 0.2) is 12.1 Å². The van der Waals surface area contributed by atoms with Crippen molar-refractivity contribution in [3.05, 3.63) is 28.8 Å². The molecule has 0 fully saturated rings. The van der Waals surface area contributed by atoms with Crippen LogP contribution in [-0.4, -0.2) is 37.8 Å². The van der Waals surface area contributed by atoms with Gasteiger partial charge in [-0.2, -0.15) is 0 Å². The number of anilines is 1. The van der Waals surface area contributed by atoms with Crippen molar-refractivity contribution in [1.29, 1.82) is 0 Å². The van der Waals surface area contributed by atoms with Gasteiger partial charge >= 0.3 is 6.09 Å². The molecule has 1 aromatic rings. The molecule has 0 spiro atoms. The van der Waals surface area contributed by atoms with Gasteiger partial charge in [0.15, 0.2) is 0 Å². The smallest absolute Gasteiger partial charge is 0.407 e. The SMILES string of the molecule is BC(CNC(=O)OC(C)(C)C)c1c(CCC)ccc(CCCCO)c1N. The number of unbranched alkanes of at least 4 members (excludes halogenated alkanes) is 1. The molecule has 1 amide bonds. The summed E-state index contributed by atoms with van der Waals surface area (Å²) in [6, 6.07) is 4.27. The van der Waals surface area contributed by atoms with Gasteiger partial charge < -0.3 is 20.9 Å². The number of aryl methyl sites for hydroxylation is 2. The van der Waals surface area contributed by atoms with Crippen molar-refractivity contribution in [3.63, 3.8) is 0 Å². The lowest BCUT2D eigenvalue weighted by atomic mass is 9.76. The van der Waals surface area contributed by atoms with Crippen LogP contribution in [0.5, 0.6) is 0 Å². The van der Waals surface area contributed by atoms with Gasteiger partial charge in [-0.15, -0.1) is 0 Å². The van der Waals surface area contributed by atoms with Crippen molar-refractivity contribution in [2.24, 2.45) is 0 Å². The monoisotopic (exact) mass is 362 g/mol. The lowest BCUT2D eigenvalue weighted by molar-refractivity contribution is 0.0527. The average Bonchev–Trinajstić information content (AvgIpc) is 2.54. The molecule has 0 aliphatic rings. The molecular weight excluding hydrogens is 327 g/mol. The van der Waals surface area contributed by atoms with Crippen LogP contribution in [0.3, 0.4) is 0 Å². The zero-order valence-electron chi connectivity index (χ0n) is 17.0. The Kier molecular flexibility index (Phi) is 8.99. The molecule has 0 radical (unpaired) electrons. The second kappa shape index (κ2) is 10.5. The van der Waals surface area contributed by atoms with Crippen molar-refractivity contribution < 1.29 is 14.6 Å². The second-order valence-corrected chi connectivity index (χ2v) is 7.93. The number of nitrogen functional groups attached to an aromatic ring is 1. The molecule has 0 aliphatic carbocycles. The average molecular weight is 362 g/mol. The summed E-state index contributed by atoms with van der Waals surface area (Å²) in [5.74, 6) is 0.0989. The number of rotatable bonds is 9. The van der Waals surface area contributed by atoms with Gasteiger partial charge in [0, 0.05) is 18.8 Å².